The predicted octanol–water partition coefficient (Wildman–Crippen LogP) is 1.71. The van der Waals surface area contributed by atoms with Gasteiger partial charge in [-0.3, -0.25) is 4.79 Å². The van der Waals surface area contributed by atoms with Gasteiger partial charge < -0.3 is 20.1 Å². The molecule has 1 unspecified atom stereocenters. The Morgan fingerprint density at radius 3 is 2.75 bits per heavy atom. The van der Waals surface area contributed by atoms with Gasteiger partial charge in [0.05, 0.1) is 7.11 Å². The zero-order valence-corrected chi connectivity index (χ0v) is 12.7. The molecule has 0 aliphatic heterocycles. The summed E-state index contributed by atoms with van der Waals surface area (Å²) in [5, 5.41) is 5.90. The highest BCUT2D eigenvalue weighted by Gasteiger charge is 2.15. The lowest BCUT2D eigenvalue weighted by molar-refractivity contribution is -0.126. The van der Waals surface area contributed by atoms with Crippen molar-refractivity contribution in [1.82, 2.24) is 10.6 Å². The van der Waals surface area contributed by atoms with Crippen LogP contribution in [0, 0.1) is 0 Å². The maximum atomic E-state index is 11.5. The van der Waals surface area contributed by atoms with E-state index in [1.54, 1.807) is 21.1 Å². The van der Waals surface area contributed by atoms with Crippen LogP contribution in [0.3, 0.4) is 0 Å². The van der Waals surface area contributed by atoms with Crippen molar-refractivity contribution < 1.29 is 14.3 Å². The van der Waals surface area contributed by atoms with Crippen molar-refractivity contribution in [2.75, 3.05) is 20.7 Å². The first-order chi connectivity index (χ1) is 9.62. The summed E-state index contributed by atoms with van der Waals surface area (Å²) < 4.78 is 10.9. The van der Waals surface area contributed by atoms with E-state index < -0.39 is 6.10 Å². The van der Waals surface area contributed by atoms with E-state index in [0.717, 1.165) is 24.3 Å². The lowest BCUT2D eigenvalue weighted by atomic mass is 10.1. The summed E-state index contributed by atoms with van der Waals surface area (Å²) in [6.07, 6.45) is 0.535. The number of hydrogen-bond donors (Lipinski definition) is 2. The molecular formula is C15H24N2O3. The summed E-state index contributed by atoms with van der Waals surface area (Å²) in [7, 11) is 3.23. The van der Waals surface area contributed by atoms with Crippen LogP contribution in [0.1, 0.15) is 25.8 Å². The van der Waals surface area contributed by atoms with Crippen LogP contribution in [0.15, 0.2) is 18.2 Å². The number of carbonyl (C=O) groups is 1. The molecule has 1 aromatic rings. The van der Waals surface area contributed by atoms with Crippen molar-refractivity contribution in [3.05, 3.63) is 23.8 Å². The highest BCUT2D eigenvalue weighted by Crippen LogP contribution is 2.25. The molecule has 0 aliphatic rings. The Balaban J connectivity index is 2.84. The summed E-state index contributed by atoms with van der Waals surface area (Å²) in [6.45, 7) is 5.46. The van der Waals surface area contributed by atoms with Gasteiger partial charge in [0, 0.05) is 19.2 Å². The zero-order chi connectivity index (χ0) is 15.0. The van der Waals surface area contributed by atoms with Crippen LogP contribution in [0.2, 0.25) is 0 Å². The Kier molecular flexibility index (Phi) is 6.87. The number of benzene rings is 1. The summed E-state index contributed by atoms with van der Waals surface area (Å²) in [5.74, 6) is 1.33. The maximum Gasteiger partial charge on any atom is 0.260 e. The molecule has 0 aromatic heterocycles. The molecule has 0 spiro atoms. The smallest absolute Gasteiger partial charge is 0.260 e. The van der Waals surface area contributed by atoms with E-state index in [1.807, 2.05) is 18.2 Å². The number of hydrogen-bond acceptors (Lipinski definition) is 4. The molecule has 0 heterocycles. The molecule has 1 aromatic carbocycles. The third-order valence-electron chi connectivity index (χ3n) is 2.93. The van der Waals surface area contributed by atoms with E-state index in [4.69, 9.17) is 9.47 Å². The second kappa shape index (κ2) is 8.43. The molecule has 1 rings (SSSR count). The van der Waals surface area contributed by atoms with Crippen LogP contribution in [0.5, 0.6) is 11.5 Å². The minimum atomic E-state index is -0.529. The van der Waals surface area contributed by atoms with Crippen molar-refractivity contribution in [2.24, 2.45) is 0 Å². The average molecular weight is 280 g/mol. The normalized spacial score (nSPS) is 11.8. The number of methoxy groups -OCH3 is 1. The van der Waals surface area contributed by atoms with Crippen LogP contribution < -0.4 is 20.1 Å². The summed E-state index contributed by atoms with van der Waals surface area (Å²) in [5.41, 5.74) is 0.980. The van der Waals surface area contributed by atoms with E-state index in [0.29, 0.717) is 12.3 Å². The summed E-state index contributed by atoms with van der Waals surface area (Å²) in [6, 6.07) is 5.59. The van der Waals surface area contributed by atoms with Gasteiger partial charge in [0.2, 0.25) is 0 Å². The highest BCUT2D eigenvalue weighted by atomic mass is 16.5. The Hall–Kier alpha value is -1.75. The van der Waals surface area contributed by atoms with Crippen LogP contribution in [0.4, 0.5) is 0 Å². The lowest BCUT2D eigenvalue weighted by Gasteiger charge is -2.17. The van der Waals surface area contributed by atoms with Gasteiger partial charge in [0.1, 0.15) is 11.5 Å². The van der Waals surface area contributed by atoms with E-state index >= 15 is 0 Å². The van der Waals surface area contributed by atoms with Crippen molar-refractivity contribution >= 4 is 5.91 Å². The van der Waals surface area contributed by atoms with Gasteiger partial charge in [0.15, 0.2) is 6.10 Å². The zero-order valence-electron chi connectivity index (χ0n) is 12.7. The van der Waals surface area contributed by atoms with Crippen molar-refractivity contribution in [3.8, 4) is 11.5 Å². The third kappa shape index (κ3) is 4.74. The van der Waals surface area contributed by atoms with Gasteiger partial charge in [-0.25, -0.2) is 0 Å². The minimum Gasteiger partial charge on any atom is -0.497 e. The third-order valence-corrected chi connectivity index (χ3v) is 2.93. The molecule has 2 N–H and O–H groups in total. The molecule has 0 saturated heterocycles. The second-order valence-electron chi connectivity index (χ2n) is 4.52. The van der Waals surface area contributed by atoms with Gasteiger partial charge >= 0.3 is 0 Å². The predicted molar refractivity (Wildman–Crippen MR) is 79.1 cm³/mol. The number of likely N-dealkylation sites (N-methyl/N-ethyl adjacent to an activating group) is 1. The summed E-state index contributed by atoms with van der Waals surface area (Å²) in [4.78, 5) is 11.5. The summed E-state index contributed by atoms with van der Waals surface area (Å²) >= 11 is 0. The largest absolute Gasteiger partial charge is 0.497 e. The quantitative estimate of drug-likeness (QED) is 0.712. The van der Waals surface area contributed by atoms with Crippen LogP contribution >= 0.6 is 0 Å². The fraction of sp³-hybridized carbons (Fsp3) is 0.533. The molecule has 0 radical (unpaired) electrons. The molecule has 112 valence electrons. The molecule has 0 saturated carbocycles. The fourth-order valence-corrected chi connectivity index (χ4v) is 1.78. The van der Waals surface area contributed by atoms with Crippen LogP contribution in [0.25, 0.3) is 0 Å². The molecule has 5 heteroatoms. The van der Waals surface area contributed by atoms with Gasteiger partial charge in [-0.15, -0.1) is 0 Å². The molecule has 1 amide bonds. The molecule has 0 aliphatic carbocycles. The van der Waals surface area contributed by atoms with Crippen molar-refractivity contribution in [1.29, 1.82) is 0 Å². The Bertz CT molecular complexity index is 435. The van der Waals surface area contributed by atoms with E-state index in [1.165, 1.54) is 0 Å². The maximum absolute atomic E-state index is 11.5. The van der Waals surface area contributed by atoms with E-state index in [2.05, 4.69) is 17.6 Å². The lowest BCUT2D eigenvalue weighted by Crippen LogP contribution is -2.34. The van der Waals surface area contributed by atoms with Crippen LogP contribution in [-0.2, 0) is 11.3 Å². The van der Waals surface area contributed by atoms with Gasteiger partial charge in [0.25, 0.3) is 5.91 Å². The average Bonchev–Trinajstić information content (AvgIpc) is 2.47. The first-order valence-electron chi connectivity index (χ1n) is 6.88. The molecule has 0 bridgehead atoms. The molecule has 5 nitrogen and oxygen atoms in total. The standard InChI is InChI=1S/C15H24N2O3/c1-5-8-17-10-12-9-13(19-4)6-7-14(12)20-11(2)15(18)16-3/h6-7,9,11,17H,5,8,10H2,1-4H3,(H,16,18). The Labute approximate surface area is 120 Å². The first kappa shape index (κ1) is 16.3. The number of ether oxygens (including phenoxy) is 2. The van der Waals surface area contributed by atoms with Gasteiger partial charge in [-0.05, 0) is 38.1 Å². The molecule has 1 atom stereocenters. The number of amides is 1. The fourth-order valence-electron chi connectivity index (χ4n) is 1.78. The van der Waals surface area contributed by atoms with E-state index in [-0.39, 0.29) is 5.91 Å². The molecule has 0 fully saturated rings. The second-order valence-corrected chi connectivity index (χ2v) is 4.52. The SMILES string of the molecule is CCCNCc1cc(OC)ccc1OC(C)C(=O)NC. The van der Waals surface area contributed by atoms with Gasteiger partial charge in [-0.2, -0.15) is 0 Å². The number of carbonyl (C=O) groups excluding carboxylic acids is 1. The van der Waals surface area contributed by atoms with Gasteiger partial charge in [-0.1, -0.05) is 6.92 Å². The monoisotopic (exact) mass is 280 g/mol. The number of rotatable bonds is 8. The Morgan fingerprint density at radius 1 is 1.40 bits per heavy atom. The molecular weight excluding hydrogens is 256 g/mol. The first-order valence-corrected chi connectivity index (χ1v) is 6.88. The van der Waals surface area contributed by atoms with Crippen molar-refractivity contribution in [2.45, 2.75) is 32.9 Å². The number of nitrogens with one attached hydrogen (secondary N) is 2. The Morgan fingerprint density at radius 2 is 2.15 bits per heavy atom. The minimum absolute atomic E-state index is 0.145. The highest BCUT2D eigenvalue weighted by molar-refractivity contribution is 5.80. The topological polar surface area (TPSA) is 59.6 Å². The van der Waals surface area contributed by atoms with E-state index in [9.17, 15) is 4.79 Å². The van der Waals surface area contributed by atoms with Crippen LogP contribution in [-0.4, -0.2) is 32.7 Å². The van der Waals surface area contributed by atoms with Crippen molar-refractivity contribution in [3.63, 3.8) is 0 Å². The molecule has 20 heavy (non-hydrogen) atoms.